The molecular weight excluding hydrogens is 637 g/mol. The molecule has 2 aromatic carbocycles. The summed E-state index contributed by atoms with van der Waals surface area (Å²) in [7, 11) is 3.62. The van der Waals surface area contributed by atoms with Crippen molar-refractivity contribution in [2.45, 2.75) is 78.1 Å². The van der Waals surface area contributed by atoms with Crippen molar-refractivity contribution in [2.24, 2.45) is 15.8 Å². The van der Waals surface area contributed by atoms with Crippen molar-refractivity contribution in [1.29, 1.82) is 0 Å². The zero-order chi connectivity index (χ0) is 35.2. The molecule has 2 fully saturated rings. The van der Waals surface area contributed by atoms with E-state index in [1.807, 2.05) is 48.2 Å². The van der Waals surface area contributed by atoms with Crippen LogP contribution in [0.15, 0.2) is 53.6 Å². The average molecular weight is 687 g/mol. The van der Waals surface area contributed by atoms with E-state index in [9.17, 15) is 9.59 Å². The largest absolute Gasteiger partial charge is 0.493 e. The van der Waals surface area contributed by atoms with Crippen LogP contribution in [0.25, 0.3) is 0 Å². The van der Waals surface area contributed by atoms with Gasteiger partial charge in [-0.3, -0.25) is 14.6 Å². The summed E-state index contributed by atoms with van der Waals surface area (Å²) in [6, 6.07) is 7.52. The predicted molar refractivity (Wildman–Crippen MR) is 198 cm³/mol. The monoisotopic (exact) mass is 686 g/mol. The van der Waals surface area contributed by atoms with Crippen LogP contribution in [-0.4, -0.2) is 79.7 Å². The maximum atomic E-state index is 13.4. The quantitative estimate of drug-likeness (QED) is 0.175. The first-order chi connectivity index (χ1) is 23.1. The lowest BCUT2D eigenvalue weighted by molar-refractivity contribution is 0.0772. The summed E-state index contributed by atoms with van der Waals surface area (Å²) in [5.74, 6) is 1.95. The molecule has 0 radical (unpaired) electrons. The fraction of sp³-hybridized carbons (Fsp3) is 0.513. The predicted octanol–water partition coefficient (Wildman–Crippen LogP) is 8.00. The first kappa shape index (κ1) is 34.9. The fourth-order valence-electron chi connectivity index (χ4n) is 6.91. The Balaban J connectivity index is 1.04. The lowest BCUT2D eigenvalue weighted by Gasteiger charge is -2.31. The molecule has 0 N–H and O–H groups in total. The molecule has 2 atom stereocenters. The first-order valence-electron chi connectivity index (χ1n) is 17.2. The molecule has 0 aliphatic carbocycles. The van der Waals surface area contributed by atoms with E-state index in [0.29, 0.717) is 49.1 Å². The van der Waals surface area contributed by atoms with Crippen LogP contribution in [0.4, 0.5) is 11.4 Å². The fourth-order valence-corrected chi connectivity index (χ4v) is 8.13. The van der Waals surface area contributed by atoms with Crippen LogP contribution in [0, 0.1) is 17.8 Å². The lowest BCUT2D eigenvalue weighted by Crippen LogP contribution is -2.35. The number of carbonyl (C=O) groups excluding carboxylic acids is 2. The van der Waals surface area contributed by atoms with E-state index in [2.05, 4.69) is 50.2 Å². The molecule has 4 aliphatic rings. The molecule has 10 heteroatoms. The van der Waals surface area contributed by atoms with Crippen LogP contribution in [0.3, 0.4) is 0 Å². The molecule has 0 spiro atoms. The number of methoxy groups -OCH3 is 1. The molecule has 2 aromatic rings. The van der Waals surface area contributed by atoms with Gasteiger partial charge in [0, 0.05) is 44.9 Å². The summed E-state index contributed by atoms with van der Waals surface area (Å²) in [5, 5.41) is 0.0848. The minimum atomic E-state index is -0.110. The standard InChI is InChI=1S/C39H50N4O5S/c1-24-14-27-20-40-30-18-34(33(46-9)17-28(30)36(44)42(27)21-24)48-23-39(6,7)11-10-38(4,5)12-13-47-32-19-31-29(16-26(32)3)37(45)43-22-25(2)15-35(43)49-41(31)8/h16-20,27,35H,1-2,10-15,21-23H2,3-9H3/t27-,35+/m0/s1. The molecule has 2 saturated heterocycles. The first-order valence-corrected chi connectivity index (χ1v) is 18.0. The summed E-state index contributed by atoms with van der Waals surface area (Å²) in [6.07, 6.45) is 6.25. The number of hydrogen-bond donors (Lipinski definition) is 0. The third-order valence-electron chi connectivity index (χ3n) is 10.2. The maximum absolute atomic E-state index is 13.4. The number of ether oxygens (including phenoxy) is 3. The van der Waals surface area contributed by atoms with E-state index >= 15 is 0 Å². The van der Waals surface area contributed by atoms with Crippen molar-refractivity contribution >= 4 is 41.4 Å². The smallest absolute Gasteiger partial charge is 0.257 e. The molecule has 4 aliphatic heterocycles. The molecule has 49 heavy (non-hydrogen) atoms. The van der Waals surface area contributed by atoms with Crippen LogP contribution in [0.5, 0.6) is 17.2 Å². The molecule has 2 amide bonds. The normalized spacial score (nSPS) is 20.5. The Morgan fingerprint density at radius 3 is 2.31 bits per heavy atom. The highest BCUT2D eigenvalue weighted by Gasteiger charge is 2.38. The number of fused-ring (bicyclic) bond motifs is 4. The van der Waals surface area contributed by atoms with Gasteiger partial charge in [-0.25, -0.2) is 0 Å². The van der Waals surface area contributed by atoms with Gasteiger partial charge in [-0.15, -0.1) is 0 Å². The Morgan fingerprint density at radius 2 is 1.55 bits per heavy atom. The number of carbonyl (C=O) groups is 2. The van der Waals surface area contributed by atoms with Crippen molar-refractivity contribution < 1.29 is 23.8 Å². The van der Waals surface area contributed by atoms with E-state index in [1.165, 1.54) is 0 Å². The number of amides is 2. The number of hydrogen-bond acceptors (Lipinski definition) is 8. The van der Waals surface area contributed by atoms with Gasteiger partial charge in [-0.2, -0.15) is 0 Å². The van der Waals surface area contributed by atoms with E-state index in [4.69, 9.17) is 14.2 Å². The van der Waals surface area contributed by atoms with Crippen molar-refractivity contribution in [1.82, 2.24) is 9.80 Å². The van der Waals surface area contributed by atoms with E-state index in [1.54, 1.807) is 25.1 Å². The topological polar surface area (TPSA) is 83.9 Å². The van der Waals surface area contributed by atoms with Gasteiger partial charge in [0.2, 0.25) is 0 Å². The second kappa shape index (κ2) is 13.4. The van der Waals surface area contributed by atoms with Gasteiger partial charge >= 0.3 is 0 Å². The lowest BCUT2D eigenvalue weighted by atomic mass is 9.78. The van der Waals surface area contributed by atoms with Gasteiger partial charge < -0.3 is 28.3 Å². The average Bonchev–Trinajstić information content (AvgIpc) is 3.56. The van der Waals surface area contributed by atoms with Gasteiger partial charge in [0.15, 0.2) is 11.5 Å². The minimum absolute atomic E-state index is 0.0438. The van der Waals surface area contributed by atoms with E-state index in [-0.39, 0.29) is 34.1 Å². The van der Waals surface area contributed by atoms with Crippen molar-refractivity contribution in [3.8, 4) is 17.2 Å². The number of benzene rings is 2. The van der Waals surface area contributed by atoms with Gasteiger partial charge in [0.25, 0.3) is 11.8 Å². The summed E-state index contributed by atoms with van der Waals surface area (Å²) in [6.45, 7) is 21.4. The molecule has 262 valence electrons. The Labute approximate surface area is 295 Å². The van der Waals surface area contributed by atoms with Crippen molar-refractivity contribution in [3.63, 3.8) is 0 Å². The number of rotatable bonds is 11. The van der Waals surface area contributed by atoms with Crippen molar-refractivity contribution in [3.05, 3.63) is 65.3 Å². The summed E-state index contributed by atoms with van der Waals surface area (Å²) in [5.41, 5.74) is 5.78. The number of aryl methyl sites for hydroxylation is 1. The summed E-state index contributed by atoms with van der Waals surface area (Å²) in [4.78, 5) is 35.2. The number of nitrogens with zero attached hydrogens (tertiary/aromatic N) is 4. The molecule has 0 bridgehead atoms. The second-order valence-electron chi connectivity index (χ2n) is 15.5. The molecule has 0 unspecified atom stereocenters. The third-order valence-corrected chi connectivity index (χ3v) is 11.4. The van der Waals surface area contributed by atoms with Gasteiger partial charge in [-0.05, 0) is 73.1 Å². The molecule has 0 saturated carbocycles. The third kappa shape index (κ3) is 7.35. The van der Waals surface area contributed by atoms with E-state index in [0.717, 1.165) is 65.8 Å². The second-order valence-corrected chi connectivity index (χ2v) is 16.9. The molecule has 9 nitrogen and oxygen atoms in total. The molecule has 6 rings (SSSR count). The van der Waals surface area contributed by atoms with Crippen LogP contribution in [0.2, 0.25) is 0 Å². The highest BCUT2D eigenvalue weighted by atomic mass is 32.2. The van der Waals surface area contributed by atoms with Crippen LogP contribution in [0.1, 0.15) is 86.1 Å². The van der Waals surface area contributed by atoms with Crippen LogP contribution >= 0.6 is 11.9 Å². The van der Waals surface area contributed by atoms with Crippen LogP contribution < -0.4 is 18.5 Å². The zero-order valence-corrected chi connectivity index (χ0v) is 30.9. The Bertz CT molecular complexity index is 1720. The minimum Gasteiger partial charge on any atom is -0.493 e. The van der Waals surface area contributed by atoms with Gasteiger partial charge in [0.05, 0.1) is 48.9 Å². The number of aliphatic imine (C=N–C) groups is 1. The Hall–Kier alpha value is -3.92. The number of anilines is 1. The maximum Gasteiger partial charge on any atom is 0.257 e. The van der Waals surface area contributed by atoms with Crippen LogP contribution in [-0.2, 0) is 0 Å². The summed E-state index contributed by atoms with van der Waals surface area (Å²) >= 11 is 1.67. The highest BCUT2D eigenvalue weighted by molar-refractivity contribution is 8.01. The Morgan fingerprint density at radius 1 is 0.857 bits per heavy atom. The van der Waals surface area contributed by atoms with Gasteiger partial charge in [-0.1, -0.05) is 52.0 Å². The van der Waals surface area contributed by atoms with Crippen molar-refractivity contribution in [2.75, 3.05) is 44.8 Å². The zero-order valence-electron chi connectivity index (χ0n) is 30.1. The molecular formula is C39H50N4O5S. The Kier molecular flexibility index (Phi) is 9.56. The molecule has 4 heterocycles. The highest BCUT2D eigenvalue weighted by Crippen LogP contribution is 2.43. The SMILES string of the molecule is C=C1C[C@H]2C=Nc3cc(OCC(C)(C)CCC(C)(C)CCOc4cc5c(cc4C)C(=O)N4CC(=C)C[C@H]4SN5C)c(OC)cc3C(=O)N2C1. The molecule has 0 aromatic heterocycles. The van der Waals surface area contributed by atoms with E-state index < -0.39 is 0 Å². The van der Waals surface area contributed by atoms with Gasteiger partial charge in [0.1, 0.15) is 11.1 Å². The summed E-state index contributed by atoms with van der Waals surface area (Å²) < 4.78 is 20.5.